The van der Waals surface area contributed by atoms with Crippen LogP contribution in [0.15, 0.2) is 35.5 Å². The zero-order valence-corrected chi connectivity index (χ0v) is 24.7. The molecule has 0 radical (unpaired) electrons. The highest BCUT2D eigenvalue weighted by Crippen LogP contribution is 2.59. The van der Waals surface area contributed by atoms with Gasteiger partial charge >= 0.3 is 5.97 Å². The molecule has 214 valence electrons. The van der Waals surface area contributed by atoms with Crippen molar-refractivity contribution in [3.8, 4) is 0 Å². The summed E-state index contributed by atoms with van der Waals surface area (Å²) in [5.74, 6) is 0.553. The van der Waals surface area contributed by atoms with E-state index in [0.717, 1.165) is 50.5 Å². The molecule has 2 N–H and O–H groups in total. The van der Waals surface area contributed by atoms with Crippen molar-refractivity contribution in [3.05, 3.63) is 35.5 Å². The molecule has 0 unspecified atom stereocenters. The van der Waals surface area contributed by atoms with Crippen molar-refractivity contribution >= 4 is 11.8 Å². The maximum Gasteiger partial charge on any atom is 0.319 e. The first-order valence-corrected chi connectivity index (χ1v) is 15.1. The normalized spacial score (nSPS) is 33.8. The van der Waals surface area contributed by atoms with E-state index in [9.17, 15) is 19.8 Å². The van der Waals surface area contributed by atoms with Gasteiger partial charge in [0.25, 0.3) is 0 Å². The molecule has 0 aliphatic heterocycles. The monoisotopic (exact) mass is 528 g/mol. The minimum absolute atomic E-state index is 0.0724. The van der Waals surface area contributed by atoms with E-state index in [2.05, 4.69) is 32.9 Å². The number of aliphatic hydroxyl groups excluding tert-OH is 2. The van der Waals surface area contributed by atoms with E-state index in [1.54, 1.807) is 19.9 Å². The fourth-order valence-electron chi connectivity index (χ4n) is 7.13. The molecule has 0 amide bonds. The van der Waals surface area contributed by atoms with Gasteiger partial charge in [0, 0.05) is 5.92 Å². The first-order valence-electron chi connectivity index (χ1n) is 15.1. The lowest BCUT2D eigenvalue weighted by Gasteiger charge is -2.44. The highest BCUT2D eigenvalue weighted by atomic mass is 16.5. The third-order valence-electron chi connectivity index (χ3n) is 10.0. The molecule has 3 rings (SSSR count). The third kappa shape index (κ3) is 6.88. The van der Waals surface area contributed by atoms with Crippen LogP contribution in [0.1, 0.15) is 106 Å². The number of carbonyl (C=O) groups is 2. The van der Waals surface area contributed by atoms with Gasteiger partial charge in [-0.2, -0.15) is 0 Å². The molecular formula is C33H52O5. The Balaban J connectivity index is 1.65. The summed E-state index contributed by atoms with van der Waals surface area (Å²) >= 11 is 0. The molecule has 5 nitrogen and oxygen atoms in total. The van der Waals surface area contributed by atoms with Crippen LogP contribution in [0.4, 0.5) is 0 Å². The van der Waals surface area contributed by atoms with Gasteiger partial charge in [0.1, 0.15) is 5.41 Å². The van der Waals surface area contributed by atoms with Gasteiger partial charge in [-0.15, -0.1) is 0 Å². The number of ether oxygens (including phenoxy) is 1. The van der Waals surface area contributed by atoms with Gasteiger partial charge in [-0.25, -0.2) is 0 Å². The summed E-state index contributed by atoms with van der Waals surface area (Å²) in [7, 11) is 0. The van der Waals surface area contributed by atoms with Crippen molar-refractivity contribution in [1.29, 1.82) is 0 Å². The van der Waals surface area contributed by atoms with E-state index >= 15 is 0 Å². The Bertz CT molecular complexity index is 914. The summed E-state index contributed by atoms with van der Waals surface area (Å²) < 4.78 is 5.39. The van der Waals surface area contributed by atoms with Crippen molar-refractivity contribution < 1.29 is 24.5 Å². The van der Waals surface area contributed by atoms with Crippen LogP contribution < -0.4 is 0 Å². The molecule has 6 atom stereocenters. The number of hydrogen-bond acceptors (Lipinski definition) is 5. The molecule has 3 aliphatic rings. The Morgan fingerprint density at radius 2 is 1.82 bits per heavy atom. The quantitative estimate of drug-likeness (QED) is 0.142. The fourth-order valence-corrected chi connectivity index (χ4v) is 7.13. The van der Waals surface area contributed by atoms with E-state index in [1.165, 1.54) is 12.0 Å². The molecular weight excluding hydrogens is 476 g/mol. The molecule has 38 heavy (non-hydrogen) atoms. The molecule has 0 aromatic heterocycles. The Hall–Kier alpha value is -1.72. The van der Waals surface area contributed by atoms with E-state index in [-0.39, 0.29) is 23.0 Å². The lowest BCUT2D eigenvalue weighted by atomic mass is 9.61. The summed E-state index contributed by atoms with van der Waals surface area (Å²) in [6.45, 7) is 12.4. The summed E-state index contributed by atoms with van der Waals surface area (Å²) in [5.41, 5.74) is 1.65. The topological polar surface area (TPSA) is 83.8 Å². The smallest absolute Gasteiger partial charge is 0.319 e. The Kier molecular flexibility index (Phi) is 10.6. The Labute approximate surface area is 230 Å². The first-order chi connectivity index (χ1) is 17.9. The van der Waals surface area contributed by atoms with Crippen LogP contribution in [0, 0.1) is 34.5 Å². The molecule has 3 saturated carbocycles. The standard InChI is InChI=1S/C33H52O5/c1-7-8-9-19-38-31(37)32(4,5)30(36)17-12-22(2)26-15-16-27-25(11-10-18-33(26,27)6)14-13-24-20-28(34)23(3)29(35)21-24/h12-14,17,22-23,26-29,34-35H,7-11,15-16,18-21H2,1-6H3/b17-12+,24-13?,25-14+/t22-,23?,26-,27+,28-,29-,33-/m1/s1. The Morgan fingerprint density at radius 3 is 2.47 bits per heavy atom. The van der Waals surface area contributed by atoms with Gasteiger partial charge < -0.3 is 14.9 Å². The molecule has 0 aromatic carbocycles. The molecule has 5 heteroatoms. The van der Waals surface area contributed by atoms with Gasteiger partial charge in [-0.05, 0) is 94.5 Å². The van der Waals surface area contributed by atoms with Crippen LogP contribution in [0.25, 0.3) is 0 Å². The molecule has 0 saturated heterocycles. The van der Waals surface area contributed by atoms with E-state index in [0.29, 0.717) is 31.3 Å². The number of hydrogen-bond donors (Lipinski definition) is 2. The van der Waals surface area contributed by atoms with Crippen molar-refractivity contribution in [2.45, 2.75) is 118 Å². The van der Waals surface area contributed by atoms with E-state index < -0.39 is 23.6 Å². The van der Waals surface area contributed by atoms with Crippen molar-refractivity contribution in [1.82, 2.24) is 0 Å². The third-order valence-corrected chi connectivity index (χ3v) is 10.0. The lowest BCUT2D eigenvalue weighted by Crippen LogP contribution is -2.36. The SMILES string of the molecule is CCCCCOC(=O)C(C)(C)C(=O)/C=C/[C@@H](C)[C@H]1CC[C@H]2/C(=C/C=C3C[C@@H](O)C(C)[C@H](O)C3)CCC[C@]12C. The average molecular weight is 529 g/mol. The number of unbranched alkanes of at least 4 members (excludes halogenated alkanes) is 2. The van der Waals surface area contributed by atoms with Crippen molar-refractivity contribution in [2.24, 2.45) is 34.5 Å². The summed E-state index contributed by atoms with van der Waals surface area (Å²) in [6.07, 6.45) is 17.1. The zero-order valence-electron chi connectivity index (χ0n) is 24.7. The van der Waals surface area contributed by atoms with Crippen LogP contribution in [0.5, 0.6) is 0 Å². The van der Waals surface area contributed by atoms with Gasteiger partial charge in [0.05, 0.1) is 18.8 Å². The van der Waals surface area contributed by atoms with Crippen LogP contribution in [0.3, 0.4) is 0 Å². The molecule has 0 spiro atoms. The maximum absolute atomic E-state index is 13.0. The fraction of sp³-hybridized carbons (Fsp3) is 0.758. The summed E-state index contributed by atoms with van der Waals surface area (Å²) in [5, 5.41) is 20.6. The first kappa shape index (κ1) is 30.8. The number of aliphatic hydroxyl groups is 2. The van der Waals surface area contributed by atoms with E-state index in [1.807, 2.05) is 13.0 Å². The molecule has 3 aliphatic carbocycles. The molecule has 0 aromatic rings. The maximum atomic E-state index is 13.0. The summed E-state index contributed by atoms with van der Waals surface area (Å²) in [4.78, 5) is 25.5. The van der Waals surface area contributed by atoms with Gasteiger partial charge in [-0.3, -0.25) is 9.59 Å². The minimum Gasteiger partial charge on any atom is -0.465 e. The zero-order chi connectivity index (χ0) is 28.1. The van der Waals surface area contributed by atoms with Crippen LogP contribution in [0.2, 0.25) is 0 Å². The summed E-state index contributed by atoms with van der Waals surface area (Å²) in [6, 6.07) is 0. The highest BCUT2D eigenvalue weighted by molar-refractivity contribution is 6.08. The van der Waals surface area contributed by atoms with Gasteiger partial charge in [0.15, 0.2) is 5.78 Å². The average Bonchev–Trinajstić information content (AvgIpc) is 3.24. The van der Waals surface area contributed by atoms with Gasteiger partial charge in [0.2, 0.25) is 0 Å². The Morgan fingerprint density at radius 1 is 1.13 bits per heavy atom. The van der Waals surface area contributed by atoms with Crippen LogP contribution in [-0.4, -0.2) is 40.8 Å². The van der Waals surface area contributed by atoms with Gasteiger partial charge in [-0.1, -0.05) is 69.9 Å². The number of ketones is 1. The van der Waals surface area contributed by atoms with Crippen molar-refractivity contribution in [3.63, 3.8) is 0 Å². The van der Waals surface area contributed by atoms with Crippen LogP contribution in [-0.2, 0) is 14.3 Å². The molecule has 0 bridgehead atoms. The predicted octanol–water partition coefficient (Wildman–Crippen LogP) is 6.73. The number of rotatable bonds is 10. The highest BCUT2D eigenvalue weighted by Gasteiger charge is 2.50. The predicted molar refractivity (Wildman–Crippen MR) is 152 cm³/mol. The second kappa shape index (κ2) is 13.1. The van der Waals surface area contributed by atoms with Crippen LogP contribution >= 0.6 is 0 Å². The lowest BCUT2D eigenvalue weighted by molar-refractivity contribution is -0.157. The molecule has 3 fully saturated rings. The number of esters is 1. The largest absolute Gasteiger partial charge is 0.465 e. The second-order valence-electron chi connectivity index (χ2n) is 13.1. The second-order valence-corrected chi connectivity index (χ2v) is 13.1. The number of carbonyl (C=O) groups excluding carboxylic acids is 2. The van der Waals surface area contributed by atoms with Crippen molar-refractivity contribution in [2.75, 3.05) is 6.61 Å². The number of fused-ring (bicyclic) bond motifs is 1. The number of allylic oxidation sites excluding steroid dienone is 5. The minimum atomic E-state index is -1.17. The van der Waals surface area contributed by atoms with E-state index in [4.69, 9.17) is 4.74 Å². The molecule has 0 heterocycles.